The maximum atomic E-state index is 12.3. The first-order valence-corrected chi connectivity index (χ1v) is 43.3. The van der Waals surface area contributed by atoms with E-state index in [0.717, 1.165) is 0 Å². The molecule has 60 atom stereocenters. The third-order valence-electron chi connectivity index (χ3n) is 25.4. The van der Waals surface area contributed by atoms with Gasteiger partial charge in [-0.3, -0.25) is 0 Å². The van der Waals surface area contributed by atoms with E-state index in [4.69, 9.17) is 114 Å². The van der Waals surface area contributed by atoms with Crippen molar-refractivity contribution in [1.29, 1.82) is 0 Å². The Labute approximate surface area is 766 Å². The molecule has 0 aliphatic carbocycles. The molecular weight excluding hydrogens is 1880 g/mol. The summed E-state index contributed by atoms with van der Waals surface area (Å²) < 4.78 is 138. The number of ether oxygens (including phenoxy) is 24. The van der Waals surface area contributed by atoms with Crippen LogP contribution in [0.3, 0.4) is 0 Å². The molecule has 12 aliphatic rings. The second-order valence-corrected chi connectivity index (χ2v) is 34.4. The third kappa shape index (κ3) is 24.2. The van der Waals surface area contributed by atoms with Crippen LogP contribution in [0.5, 0.6) is 0 Å². The molecule has 12 aliphatic heterocycles. The average molecular weight is 2010 g/mol. The summed E-state index contributed by atoms with van der Waals surface area (Å²) in [6, 6.07) is 0. The van der Waals surface area contributed by atoms with Crippen molar-refractivity contribution in [2.75, 3.05) is 92.5 Å². The van der Waals surface area contributed by atoms with Gasteiger partial charge in [0.05, 0.1) is 92.5 Å². The molecule has 38 N–H and O–H groups in total. The van der Waals surface area contributed by atoms with Crippen molar-refractivity contribution < 1.29 is 308 Å². The normalized spacial score (nSPS) is 52.9. The zero-order chi connectivity index (χ0) is 99.5. The lowest BCUT2D eigenvalue weighted by molar-refractivity contribution is -0.395. The van der Waals surface area contributed by atoms with Gasteiger partial charge in [-0.05, 0) is 0 Å². The highest BCUT2D eigenvalue weighted by atomic mass is 16.8. The average Bonchev–Trinajstić information content (AvgIpc) is 0.767. The summed E-state index contributed by atoms with van der Waals surface area (Å²) in [5.41, 5.74) is 0. The molecule has 0 aromatic carbocycles. The van der Waals surface area contributed by atoms with E-state index in [0.29, 0.717) is 0 Å². The zero-order valence-electron chi connectivity index (χ0n) is 71.3. The maximum absolute atomic E-state index is 12.3. The van der Waals surface area contributed by atoms with Crippen LogP contribution in [0.1, 0.15) is 0 Å². The van der Waals surface area contributed by atoms with Crippen LogP contribution in [0, 0.1) is 0 Å². The van der Waals surface area contributed by atoms with Gasteiger partial charge >= 0.3 is 0 Å². The molecule has 12 heterocycles. The molecule has 0 bridgehead atoms. The lowest BCUT2D eigenvalue weighted by Crippen LogP contribution is -2.68. The quantitative estimate of drug-likeness (QED) is 0.0257. The molecule has 0 aromatic heterocycles. The Morgan fingerprint density at radius 1 is 0.125 bits per heavy atom. The highest BCUT2D eigenvalue weighted by Gasteiger charge is 2.62. The minimum atomic E-state index is -2.54. The first-order chi connectivity index (χ1) is 64.5. The standard InChI is InChI=1S/C74H126O62/c75-3-15-27(83)39(95)45(101)63(119-15)115-11-23-35(91)59(135-71-53(109)57(33(89)21(9-81)125-71)133-73-55(111)61(131-69-49(105)43(99)31(87)19(7-79)123-69)37(93)25(129-73)13-117-65-47(103)41(97)29(85)17(5-77)121-65)51(107)67(127-23)113-1-2-114-68-52(108)60(36(92)24(128-68)12-116-64-46(102)40(96)28(84)16(4-76)120-64)136-72-54(110)58(34(90)22(10-82)126-72)134-74-56(112)62(132-70-50(106)44(100)32(88)20(8-80)124-70)38(94)26(130-74)14-118-66-48(104)42(98)30(86)18(6-78)122-66/h15-112H,1-14H2/t15-,16+,17-,18+,19-,20+,21-,22+,23-,24+,25-,26+,27-,28+,29-,30+,31-,32+,33-,34+,35-,36+,37-,38+,39+,40-,41+,42-,43+,44-,45-,46+,47-,48+,49-,50+,51-,52+,53-,54+,55-,56+,57+,58-,59+,60-,61+,62-,63?,64?,65-,66+,67?,68?,69+,70-,71+,72-,73-,74+. The van der Waals surface area contributed by atoms with Crippen molar-refractivity contribution in [3.05, 3.63) is 0 Å². The fraction of sp³-hybridized carbons (Fsp3) is 1.00. The zero-order valence-corrected chi connectivity index (χ0v) is 71.3. The van der Waals surface area contributed by atoms with Gasteiger partial charge in [0, 0.05) is 0 Å². The molecule has 4 unspecified atom stereocenters. The predicted octanol–water partition coefficient (Wildman–Crippen LogP) is -27.1. The maximum Gasteiger partial charge on any atom is 0.187 e. The summed E-state index contributed by atoms with van der Waals surface area (Å²) in [5.74, 6) is 0. The lowest BCUT2D eigenvalue weighted by atomic mass is 9.95. The highest BCUT2D eigenvalue weighted by Crippen LogP contribution is 2.41. The molecule has 0 aromatic rings. The molecule has 0 radical (unpaired) electrons. The van der Waals surface area contributed by atoms with Crippen LogP contribution in [0.25, 0.3) is 0 Å². The van der Waals surface area contributed by atoms with Crippen LogP contribution < -0.4 is 0 Å². The van der Waals surface area contributed by atoms with Crippen molar-refractivity contribution >= 4 is 0 Å². The SMILES string of the molecule is OC[C@@H]1O[C@H](OC[C@@H]2O[C@@H](O[C@H]3[C@H](O)[C@@H](O[C@@H]4[C@@H](O)[C@H](COC5O[C@@H](CO)[C@H](O)[C@@H](O)[C@@H]5O)OC(OCCOC5O[C@H](COC6O[C@H](CO)[C@@H](O)[C@H](O)[C@H]6O)[C@@H](O)[C@H](O[C@@H]6O[C@H](CO)[C@@H](O)[C@H](O[C@H]7O[C@H](CO[C@@H]8O[C@H](CO)[C@@H](O)[C@H](O)[C@H]8O)[C@@H](O)[C@H](O[C@@H]8O[C@H](CO)[C@@H](O)[C@H](O)[C@H]8O)[C@H]7O)[C@H]6O)[C@H]5O)[C@H]4O)O[C@@H](CO)[C@@H]3O)[C@@H](O)[C@H](O[C@H]3O[C@@H](CO)[C@H](O)[C@@H](O)[C@@H]3O)[C@H]2O)[C@@H](O)[C@H](O)[C@H]1O. The second-order valence-electron chi connectivity index (χ2n) is 34.4. The topological polar surface area (TPSA) is 990 Å². The minimum absolute atomic E-state index is 0.941. The molecule has 62 heteroatoms. The van der Waals surface area contributed by atoms with E-state index in [-0.39, 0.29) is 0 Å². The molecule has 12 saturated heterocycles. The third-order valence-corrected chi connectivity index (χ3v) is 25.4. The van der Waals surface area contributed by atoms with Gasteiger partial charge < -0.3 is 308 Å². The fourth-order valence-corrected chi connectivity index (χ4v) is 17.2. The predicted molar refractivity (Wildman–Crippen MR) is 406 cm³/mol. The molecule has 62 nitrogen and oxygen atoms in total. The number of aliphatic hydroxyl groups excluding tert-OH is 38. The molecule has 136 heavy (non-hydrogen) atoms. The van der Waals surface area contributed by atoms with Gasteiger partial charge in [0.15, 0.2) is 75.5 Å². The van der Waals surface area contributed by atoms with Crippen LogP contribution in [0.4, 0.5) is 0 Å². The van der Waals surface area contributed by atoms with E-state index in [1.165, 1.54) is 0 Å². The van der Waals surface area contributed by atoms with E-state index in [9.17, 15) is 194 Å². The van der Waals surface area contributed by atoms with Gasteiger partial charge in [-0.25, -0.2) is 0 Å². The molecule has 0 saturated carbocycles. The molecule has 0 spiro atoms. The minimum Gasteiger partial charge on any atom is -0.394 e. The Hall–Kier alpha value is -2.48. The second kappa shape index (κ2) is 49.4. The number of rotatable bonds is 37. The first kappa shape index (κ1) is 112. The Morgan fingerprint density at radius 2 is 0.250 bits per heavy atom. The van der Waals surface area contributed by atoms with Crippen LogP contribution in [0.2, 0.25) is 0 Å². The van der Waals surface area contributed by atoms with Crippen molar-refractivity contribution in [2.24, 2.45) is 0 Å². The van der Waals surface area contributed by atoms with E-state index < -0.39 is 461 Å². The van der Waals surface area contributed by atoms with Gasteiger partial charge in [-0.2, -0.15) is 0 Å². The molecular formula is C74H126O62. The summed E-state index contributed by atoms with van der Waals surface area (Å²) in [5, 5.41) is 417. The molecule has 12 fully saturated rings. The van der Waals surface area contributed by atoms with Gasteiger partial charge in [0.1, 0.15) is 293 Å². The first-order valence-electron chi connectivity index (χ1n) is 43.3. The van der Waals surface area contributed by atoms with Crippen molar-refractivity contribution in [2.45, 2.75) is 368 Å². The van der Waals surface area contributed by atoms with Gasteiger partial charge in [-0.15, -0.1) is 0 Å². The largest absolute Gasteiger partial charge is 0.394 e. The monoisotopic (exact) mass is 2010 g/mol. The summed E-state index contributed by atoms with van der Waals surface area (Å²) in [6.07, 6.45) is -128. The van der Waals surface area contributed by atoms with Crippen molar-refractivity contribution in [3.8, 4) is 0 Å². The Kier molecular flexibility index (Phi) is 40.7. The van der Waals surface area contributed by atoms with Crippen LogP contribution in [0.15, 0.2) is 0 Å². The van der Waals surface area contributed by atoms with E-state index in [2.05, 4.69) is 0 Å². The number of aliphatic hydroxyl groups is 38. The lowest BCUT2D eigenvalue weighted by Gasteiger charge is -2.49. The van der Waals surface area contributed by atoms with E-state index >= 15 is 0 Å². The van der Waals surface area contributed by atoms with Crippen molar-refractivity contribution in [3.63, 3.8) is 0 Å². The summed E-state index contributed by atoms with van der Waals surface area (Å²) in [6.45, 7) is -14.5. The van der Waals surface area contributed by atoms with Crippen molar-refractivity contribution in [1.82, 2.24) is 0 Å². The molecule has 0 amide bonds. The Morgan fingerprint density at radius 3 is 0.434 bits per heavy atom. The molecule has 12 rings (SSSR count). The van der Waals surface area contributed by atoms with Gasteiger partial charge in [-0.1, -0.05) is 0 Å². The van der Waals surface area contributed by atoms with Gasteiger partial charge in [0.25, 0.3) is 0 Å². The fourth-order valence-electron chi connectivity index (χ4n) is 17.2. The van der Waals surface area contributed by atoms with Crippen LogP contribution in [-0.4, -0.2) is 655 Å². The number of hydrogen-bond donors (Lipinski definition) is 38. The summed E-state index contributed by atoms with van der Waals surface area (Å²) in [4.78, 5) is 0. The summed E-state index contributed by atoms with van der Waals surface area (Å²) >= 11 is 0. The van der Waals surface area contributed by atoms with E-state index in [1.54, 1.807) is 0 Å². The highest BCUT2D eigenvalue weighted by molar-refractivity contribution is 5.04. The summed E-state index contributed by atoms with van der Waals surface area (Å²) in [7, 11) is 0. The van der Waals surface area contributed by atoms with Gasteiger partial charge in [0.2, 0.25) is 0 Å². The Bertz CT molecular complexity index is 3290. The van der Waals surface area contributed by atoms with Crippen LogP contribution >= 0.6 is 0 Å². The van der Waals surface area contributed by atoms with Crippen LogP contribution in [-0.2, 0) is 114 Å². The Balaban J connectivity index is 0.785. The van der Waals surface area contributed by atoms with E-state index in [1.807, 2.05) is 0 Å². The molecule has 794 valence electrons. The smallest absolute Gasteiger partial charge is 0.187 e. The number of hydrogen-bond acceptors (Lipinski definition) is 62.